The first-order valence-corrected chi connectivity index (χ1v) is 8.44. The van der Waals surface area contributed by atoms with Gasteiger partial charge >= 0.3 is 0 Å². The maximum atomic E-state index is 5.74. The van der Waals surface area contributed by atoms with Gasteiger partial charge in [-0.2, -0.15) is 0 Å². The second-order valence-electron chi connectivity index (χ2n) is 8.21. The zero-order valence-electron chi connectivity index (χ0n) is 13.8. The summed E-state index contributed by atoms with van der Waals surface area (Å²) in [6, 6.07) is 4.50. The molecule has 1 aromatic heterocycles. The number of hydrogen-bond donors (Lipinski definition) is 0. The SMILES string of the molecule is Cc1c2c(cc3occc13)C1(C)CCCC(C)(C)C1CC2. The van der Waals surface area contributed by atoms with Crippen molar-refractivity contribution in [3.05, 3.63) is 35.1 Å². The number of hydrogen-bond acceptors (Lipinski definition) is 1. The quantitative estimate of drug-likeness (QED) is 0.597. The Hall–Kier alpha value is -1.24. The summed E-state index contributed by atoms with van der Waals surface area (Å²) >= 11 is 0. The van der Waals surface area contributed by atoms with E-state index in [1.165, 1.54) is 43.1 Å². The molecule has 2 atom stereocenters. The molecule has 1 saturated carbocycles. The normalized spacial score (nSPS) is 31.0. The Labute approximate surface area is 127 Å². The van der Waals surface area contributed by atoms with Gasteiger partial charge < -0.3 is 4.42 Å². The lowest BCUT2D eigenvalue weighted by molar-refractivity contribution is 0.0407. The molecule has 0 aliphatic heterocycles. The van der Waals surface area contributed by atoms with Crippen molar-refractivity contribution in [2.45, 2.75) is 65.2 Å². The lowest BCUT2D eigenvalue weighted by Gasteiger charge is -2.54. The molecule has 21 heavy (non-hydrogen) atoms. The van der Waals surface area contributed by atoms with Crippen LogP contribution in [0.4, 0.5) is 0 Å². The third kappa shape index (κ3) is 1.69. The van der Waals surface area contributed by atoms with E-state index in [0.717, 1.165) is 11.5 Å². The van der Waals surface area contributed by atoms with Crippen molar-refractivity contribution >= 4 is 11.0 Å². The Morgan fingerprint density at radius 1 is 1.19 bits per heavy atom. The zero-order valence-corrected chi connectivity index (χ0v) is 13.8. The van der Waals surface area contributed by atoms with E-state index in [1.54, 1.807) is 11.1 Å². The maximum Gasteiger partial charge on any atom is 0.134 e. The predicted octanol–water partition coefficient (Wildman–Crippen LogP) is 5.77. The summed E-state index contributed by atoms with van der Waals surface area (Å²) in [4.78, 5) is 0. The van der Waals surface area contributed by atoms with Gasteiger partial charge in [-0.3, -0.25) is 0 Å². The molecule has 2 aliphatic carbocycles. The van der Waals surface area contributed by atoms with Crippen LogP contribution in [0.3, 0.4) is 0 Å². The van der Waals surface area contributed by atoms with Gasteiger partial charge in [0.25, 0.3) is 0 Å². The van der Waals surface area contributed by atoms with Gasteiger partial charge in [-0.1, -0.05) is 27.2 Å². The van der Waals surface area contributed by atoms with Crippen molar-refractivity contribution in [1.82, 2.24) is 0 Å². The summed E-state index contributed by atoms with van der Waals surface area (Å²) in [5, 5.41) is 1.31. The summed E-state index contributed by atoms with van der Waals surface area (Å²) in [5.41, 5.74) is 6.54. The number of rotatable bonds is 0. The Morgan fingerprint density at radius 2 is 2.00 bits per heavy atom. The van der Waals surface area contributed by atoms with Crippen LogP contribution >= 0.6 is 0 Å². The Balaban J connectivity index is 1.97. The molecule has 0 radical (unpaired) electrons. The van der Waals surface area contributed by atoms with Crippen LogP contribution in [0.15, 0.2) is 22.8 Å². The number of aryl methyl sites for hydroxylation is 1. The first-order chi connectivity index (χ1) is 9.93. The van der Waals surface area contributed by atoms with E-state index in [-0.39, 0.29) is 0 Å². The van der Waals surface area contributed by atoms with Crippen LogP contribution in [0.1, 0.15) is 63.1 Å². The summed E-state index contributed by atoms with van der Waals surface area (Å²) in [7, 11) is 0. The molecule has 2 aromatic rings. The first-order valence-electron chi connectivity index (χ1n) is 8.44. The summed E-state index contributed by atoms with van der Waals surface area (Å²) in [6.45, 7) is 9.77. The fourth-order valence-electron chi connectivity index (χ4n) is 5.60. The highest BCUT2D eigenvalue weighted by Gasteiger charge is 2.50. The van der Waals surface area contributed by atoms with Crippen LogP contribution in [0.2, 0.25) is 0 Å². The molecular weight excluding hydrogens is 256 g/mol. The van der Waals surface area contributed by atoms with Gasteiger partial charge in [-0.25, -0.2) is 0 Å². The van der Waals surface area contributed by atoms with Crippen LogP contribution in [-0.4, -0.2) is 0 Å². The zero-order chi connectivity index (χ0) is 14.8. The van der Waals surface area contributed by atoms with E-state index in [4.69, 9.17) is 4.42 Å². The Morgan fingerprint density at radius 3 is 2.81 bits per heavy atom. The highest BCUT2D eigenvalue weighted by Crippen LogP contribution is 2.57. The number of fused-ring (bicyclic) bond motifs is 4. The highest BCUT2D eigenvalue weighted by atomic mass is 16.3. The molecule has 1 nitrogen and oxygen atoms in total. The lowest BCUT2D eigenvalue weighted by Crippen LogP contribution is -2.48. The van der Waals surface area contributed by atoms with Gasteiger partial charge in [0, 0.05) is 5.39 Å². The average molecular weight is 282 g/mol. The minimum absolute atomic E-state index is 0.334. The van der Waals surface area contributed by atoms with Gasteiger partial charge in [0.15, 0.2) is 0 Å². The highest BCUT2D eigenvalue weighted by molar-refractivity contribution is 5.83. The van der Waals surface area contributed by atoms with Crippen LogP contribution in [0.5, 0.6) is 0 Å². The van der Waals surface area contributed by atoms with Gasteiger partial charge in [0.1, 0.15) is 5.58 Å². The summed E-state index contributed by atoms with van der Waals surface area (Å²) in [5.74, 6) is 0.804. The molecule has 2 unspecified atom stereocenters. The fourth-order valence-corrected chi connectivity index (χ4v) is 5.60. The smallest absolute Gasteiger partial charge is 0.134 e. The van der Waals surface area contributed by atoms with Crippen LogP contribution in [0.25, 0.3) is 11.0 Å². The van der Waals surface area contributed by atoms with Crippen molar-refractivity contribution in [3.63, 3.8) is 0 Å². The molecule has 0 spiro atoms. The second-order valence-corrected chi connectivity index (χ2v) is 8.21. The van der Waals surface area contributed by atoms with E-state index in [0.29, 0.717) is 10.8 Å². The van der Waals surface area contributed by atoms with Crippen molar-refractivity contribution in [2.75, 3.05) is 0 Å². The molecule has 0 saturated heterocycles. The second kappa shape index (κ2) is 4.15. The minimum Gasteiger partial charge on any atom is -0.464 e. The standard InChI is InChI=1S/C20H26O/c1-13-14-6-7-18-19(2,3)9-5-10-20(18,4)16(14)12-17-15(13)8-11-21-17/h8,11-12,18H,5-7,9-10H2,1-4H3. The third-order valence-electron chi connectivity index (χ3n) is 6.68. The molecule has 4 rings (SSSR count). The van der Waals surface area contributed by atoms with Crippen LogP contribution < -0.4 is 0 Å². The number of benzene rings is 1. The van der Waals surface area contributed by atoms with E-state index in [1.807, 2.05) is 6.26 Å². The third-order valence-corrected chi connectivity index (χ3v) is 6.68. The van der Waals surface area contributed by atoms with Crippen LogP contribution in [-0.2, 0) is 11.8 Å². The molecule has 2 aliphatic rings. The van der Waals surface area contributed by atoms with E-state index in [2.05, 4.69) is 39.8 Å². The fraction of sp³-hybridized carbons (Fsp3) is 0.600. The van der Waals surface area contributed by atoms with Gasteiger partial charge in [0.2, 0.25) is 0 Å². The van der Waals surface area contributed by atoms with Crippen molar-refractivity contribution in [3.8, 4) is 0 Å². The molecule has 1 heteroatoms. The topological polar surface area (TPSA) is 13.1 Å². The Bertz CT molecular complexity index is 706. The van der Waals surface area contributed by atoms with Crippen LogP contribution in [0, 0.1) is 18.3 Å². The average Bonchev–Trinajstić information content (AvgIpc) is 2.87. The van der Waals surface area contributed by atoms with E-state index in [9.17, 15) is 0 Å². The van der Waals surface area contributed by atoms with E-state index >= 15 is 0 Å². The van der Waals surface area contributed by atoms with Crippen molar-refractivity contribution in [1.29, 1.82) is 0 Å². The maximum absolute atomic E-state index is 5.74. The first kappa shape index (κ1) is 13.4. The molecule has 0 bridgehead atoms. The molecule has 1 aromatic carbocycles. The van der Waals surface area contributed by atoms with Gasteiger partial charge in [-0.15, -0.1) is 0 Å². The number of furan rings is 1. The van der Waals surface area contributed by atoms with Gasteiger partial charge in [-0.05, 0) is 78.2 Å². The molecule has 0 N–H and O–H groups in total. The van der Waals surface area contributed by atoms with E-state index < -0.39 is 0 Å². The predicted molar refractivity (Wildman–Crippen MR) is 87.7 cm³/mol. The molecule has 1 heterocycles. The monoisotopic (exact) mass is 282 g/mol. The van der Waals surface area contributed by atoms with Crippen molar-refractivity contribution in [2.24, 2.45) is 11.3 Å². The molecule has 1 fully saturated rings. The summed E-state index contributed by atoms with van der Waals surface area (Å²) < 4.78 is 5.74. The molecule has 0 amide bonds. The van der Waals surface area contributed by atoms with Gasteiger partial charge in [0.05, 0.1) is 6.26 Å². The summed E-state index contributed by atoms with van der Waals surface area (Å²) in [6.07, 6.45) is 8.50. The largest absolute Gasteiger partial charge is 0.464 e. The lowest BCUT2D eigenvalue weighted by atomic mass is 9.50. The minimum atomic E-state index is 0.334. The van der Waals surface area contributed by atoms with Crippen molar-refractivity contribution < 1.29 is 4.42 Å². The molecule has 112 valence electrons. The molecular formula is C20H26O. The Kier molecular flexibility index (Phi) is 2.65.